The molecule has 1 fully saturated rings. The Hall–Kier alpha value is -3.96. The molecule has 0 atom stereocenters. The van der Waals surface area contributed by atoms with E-state index in [1.165, 1.54) is 12.1 Å². The van der Waals surface area contributed by atoms with E-state index >= 15 is 4.39 Å². The third-order valence-corrected chi connectivity index (χ3v) is 7.52. The number of unbranched alkanes of at least 4 members (excludes halogenated alkanes) is 2. The first kappa shape index (κ1) is 32.4. The van der Waals surface area contributed by atoms with Gasteiger partial charge in [-0.05, 0) is 60.0 Å². The number of hydrogen-bond donors (Lipinski definition) is 0. The Bertz CT molecular complexity index is 1640. The SMILES string of the molecule is CCCCCC1COC(c2ccc(-c3ccc(C(F)(F)Oc4ccc(-c5cc(F)c(F)c(F)c5)c(F)c4)c(F)c3)c(F)c2)OC1. The van der Waals surface area contributed by atoms with Crippen molar-refractivity contribution in [2.24, 2.45) is 5.92 Å². The molecule has 1 aliphatic heterocycles. The summed E-state index contributed by atoms with van der Waals surface area (Å²) in [7, 11) is 0. The van der Waals surface area contributed by atoms with Gasteiger partial charge < -0.3 is 14.2 Å². The van der Waals surface area contributed by atoms with Gasteiger partial charge in [-0.2, -0.15) is 8.78 Å². The zero-order valence-corrected chi connectivity index (χ0v) is 24.0. The van der Waals surface area contributed by atoms with Crippen molar-refractivity contribution in [3.63, 3.8) is 0 Å². The first-order valence-corrected chi connectivity index (χ1v) is 14.3. The largest absolute Gasteiger partial charge is 0.429 e. The van der Waals surface area contributed by atoms with E-state index in [-0.39, 0.29) is 22.6 Å². The molecule has 1 aliphatic rings. The fraction of sp³-hybridized carbons (Fsp3) is 0.294. The molecule has 11 heteroatoms. The number of hydrogen-bond acceptors (Lipinski definition) is 3. The zero-order valence-electron chi connectivity index (χ0n) is 24.0. The summed E-state index contributed by atoms with van der Waals surface area (Å²) in [5.41, 5.74) is -1.64. The van der Waals surface area contributed by atoms with Gasteiger partial charge in [0.25, 0.3) is 0 Å². The average molecular weight is 637 g/mol. The summed E-state index contributed by atoms with van der Waals surface area (Å²) in [6.07, 6.45) is -0.768. The van der Waals surface area contributed by atoms with Gasteiger partial charge in [0.1, 0.15) is 23.2 Å². The molecule has 0 aromatic heterocycles. The van der Waals surface area contributed by atoms with Crippen LogP contribution in [0.25, 0.3) is 22.3 Å². The Morgan fingerprint density at radius 1 is 0.689 bits per heavy atom. The summed E-state index contributed by atoms with van der Waals surface area (Å²) in [4.78, 5) is 0. The van der Waals surface area contributed by atoms with Crippen LogP contribution < -0.4 is 4.74 Å². The van der Waals surface area contributed by atoms with Gasteiger partial charge in [0.05, 0.1) is 18.8 Å². The Labute approximate surface area is 254 Å². The molecule has 0 aliphatic carbocycles. The molecule has 0 amide bonds. The van der Waals surface area contributed by atoms with Crippen molar-refractivity contribution in [2.75, 3.05) is 13.2 Å². The normalized spacial score (nSPS) is 17.0. The molecule has 0 radical (unpaired) electrons. The predicted octanol–water partition coefficient (Wildman–Crippen LogP) is 10.2. The van der Waals surface area contributed by atoms with Crippen molar-refractivity contribution in [3.8, 4) is 28.0 Å². The Morgan fingerprint density at radius 3 is 1.93 bits per heavy atom. The van der Waals surface area contributed by atoms with Crippen LogP contribution in [0.2, 0.25) is 0 Å². The van der Waals surface area contributed by atoms with Gasteiger partial charge in [0.15, 0.2) is 23.7 Å². The predicted molar refractivity (Wildman–Crippen MR) is 150 cm³/mol. The summed E-state index contributed by atoms with van der Waals surface area (Å²) in [5.74, 6) is -8.71. The molecule has 238 valence electrons. The molecule has 0 unspecified atom stereocenters. The highest BCUT2D eigenvalue weighted by Crippen LogP contribution is 2.38. The van der Waals surface area contributed by atoms with Crippen LogP contribution in [0.15, 0.2) is 66.7 Å². The highest BCUT2D eigenvalue weighted by molar-refractivity contribution is 5.66. The highest BCUT2D eigenvalue weighted by atomic mass is 19.3. The van der Waals surface area contributed by atoms with E-state index in [0.29, 0.717) is 37.0 Å². The fourth-order valence-corrected chi connectivity index (χ4v) is 5.12. The lowest BCUT2D eigenvalue weighted by atomic mass is 10.00. The van der Waals surface area contributed by atoms with Crippen molar-refractivity contribution in [3.05, 3.63) is 113 Å². The van der Waals surface area contributed by atoms with E-state index in [2.05, 4.69) is 11.7 Å². The number of ether oxygens (including phenoxy) is 3. The Kier molecular flexibility index (Phi) is 9.79. The molecule has 5 rings (SSSR count). The highest BCUT2D eigenvalue weighted by Gasteiger charge is 2.38. The minimum Gasteiger partial charge on any atom is -0.429 e. The van der Waals surface area contributed by atoms with Crippen LogP contribution in [-0.4, -0.2) is 13.2 Å². The first-order chi connectivity index (χ1) is 21.5. The molecule has 0 N–H and O–H groups in total. The van der Waals surface area contributed by atoms with E-state index in [0.717, 1.165) is 56.0 Å². The lowest BCUT2D eigenvalue weighted by Gasteiger charge is -2.29. The van der Waals surface area contributed by atoms with Crippen molar-refractivity contribution in [1.29, 1.82) is 0 Å². The average Bonchev–Trinajstić information content (AvgIpc) is 3.00. The topological polar surface area (TPSA) is 27.7 Å². The third-order valence-electron chi connectivity index (χ3n) is 7.52. The molecule has 0 spiro atoms. The molecular weight excluding hydrogens is 608 g/mol. The van der Waals surface area contributed by atoms with Crippen molar-refractivity contribution in [1.82, 2.24) is 0 Å². The summed E-state index contributed by atoms with van der Waals surface area (Å²) < 4.78 is 131. The lowest BCUT2D eigenvalue weighted by Crippen LogP contribution is -2.27. The maximum Gasteiger partial charge on any atom is 0.429 e. The van der Waals surface area contributed by atoms with E-state index in [1.807, 2.05) is 0 Å². The smallest absolute Gasteiger partial charge is 0.429 e. The van der Waals surface area contributed by atoms with Gasteiger partial charge in [0, 0.05) is 28.7 Å². The van der Waals surface area contributed by atoms with Gasteiger partial charge in [-0.25, -0.2) is 26.3 Å². The third kappa shape index (κ3) is 7.31. The van der Waals surface area contributed by atoms with Gasteiger partial charge in [-0.3, -0.25) is 0 Å². The van der Waals surface area contributed by atoms with Crippen LogP contribution in [0.5, 0.6) is 5.75 Å². The molecule has 4 aromatic rings. The van der Waals surface area contributed by atoms with E-state index in [4.69, 9.17) is 9.47 Å². The summed E-state index contributed by atoms with van der Waals surface area (Å²) >= 11 is 0. The second-order valence-electron chi connectivity index (χ2n) is 10.8. The lowest BCUT2D eigenvalue weighted by molar-refractivity contribution is -0.206. The summed E-state index contributed by atoms with van der Waals surface area (Å²) in [6.45, 7) is 3.08. The fourth-order valence-electron chi connectivity index (χ4n) is 5.12. The maximum absolute atomic E-state index is 15.1. The number of benzene rings is 4. The summed E-state index contributed by atoms with van der Waals surface area (Å²) in [6, 6.07) is 10.0. The molecule has 0 saturated carbocycles. The minimum absolute atomic E-state index is 0.0215. The number of halogens is 8. The van der Waals surface area contributed by atoms with Crippen molar-refractivity contribution >= 4 is 0 Å². The minimum atomic E-state index is -4.29. The van der Waals surface area contributed by atoms with Crippen molar-refractivity contribution < 1.29 is 49.3 Å². The second kappa shape index (κ2) is 13.6. The van der Waals surface area contributed by atoms with Crippen LogP contribution in [0.1, 0.15) is 50.0 Å². The zero-order chi connectivity index (χ0) is 32.3. The van der Waals surface area contributed by atoms with Gasteiger partial charge in [-0.15, -0.1) is 0 Å². The Balaban J connectivity index is 1.28. The maximum atomic E-state index is 15.1. The van der Waals surface area contributed by atoms with Crippen LogP contribution >= 0.6 is 0 Å². The molecule has 4 aromatic carbocycles. The molecule has 0 bridgehead atoms. The quantitative estimate of drug-likeness (QED) is 0.0985. The molecule has 45 heavy (non-hydrogen) atoms. The van der Waals surface area contributed by atoms with Crippen LogP contribution in [-0.2, 0) is 15.6 Å². The van der Waals surface area contributed by atoms with Crippen LogP contribution in [0, 0.1) is 40.8 Å². The van der Waals surface area contributed by atoms with E-state index in [1.54, 1.807) is 6.07 Å². The van der Waals surface area contributed by atoms with Gasteiger partial charge >= 0.3 is 6.11 Å². The Morgan fingerprint density at radius 2 is 1.31 bits per heavy atom. The molecular formula is C34H28F8O3. The summed E-state index contributed by atoms with van der Waals surface area (Å²) in [5, 5.41) is 0. The van der Waals surface area contributed by atoms with Crippen LogP contribution in [0.3, 0.4) is 0 Å². The van der Waals surface area contributed by atoms with E-state index < -0.39 is 64.2 Å². The van der Waals surface area contributed by atoms with Crippen molar-refractivity contribution in [2.45, 2.75) is 45.0 Å². The molecule has 1 saturated heterocycles. The van der Waals surface area contributed by atoms with Gasteiger partial charge in [-0.1, -0.05) is 44.4 Å². The van der Waals surface area contributed by atoms with Crippen LogP contribution in [0.4, 0.5) is 35.1 Å². The van der Waals surface area contributed by atoms with Gasteiger partial charge in [0.2, 0.25) is 0 Å². The number of rotatable bonds is 10. The standard InChI is InChI=1S/C34H28F8O3/c1-2-3-4-5-19-17-43-33(44-18-19)21-6-9-24(27(35)13-21)20-7-11-26(29(37)12-20)34(41,42)45-23-8-10-25(28(36)16-23)22-14-30(38)32(40)31(39)15-22/h6-16,19,33H,2-5,17-18H2,1H3. The molecule has 1 heterocycles. The molecule has 3 nitrogen and oxygen atoms in total. The van der Waals surface area contributed by atoms with E-state index in [9.17, 15) is 30.7 Å². The number of alkyl halides is 2. The monoisotopic (exact) mass is 636 g/mol. The second-order valence-corrected chi connectivity index (χ2v) is 10.8. The first-order valence-electron chi connectivity index (χ1n) is 14.3.